The summed E-state index contributed by atoms with van der Waals surface area (Å²) in [6.07, 6.45) is 1.53. The van der Waals surface area contributed by atoms with Crippen molar-refractivity contribution in [1.82, 2.24) is 10.2 Å². The molecule has 0 aliphatic heterocycles. The second-order valence-corrected chi connectivity index (χ2v) is 12.2. The van der Waals surface area contributed by atoms with E-state index in [9.17, 15) is 18.0 Å². The zero-order valence-electron chi connectivity index (χ0n) is 21.3. The maximum atomic E-state index is 13.3. The van der Waals surface area contributed by atoms with Crippen LogP contribution in [0.15, 0.2) is 48.5 Å². The summed E-state index contributed by atoms with van der Waals surface area (Å²) in [5.41, 5.74) is 2.04. The van der Waals surface area contributed by atoms with E-state index in [-0.39, 0.29) is 31.3 Å². The van der Waals surface area contributed by atoms with Crippen LogP contribution in [0.1, 0.15) is 51.7 Å². The molecule has 0 radical (unpaired) electrons. The zero-order chi connectivity index (χ0) is 26.4. The third-order valence-corrected chi connectivity index (χ3v) is 6.81. The molecule has 0 aliphatic carbocycles. The van der Waals surface area contributed by atoms with E-state index in [0.29, 0.717) is 17.1 Å². The Hall–Kier alpha value is -2.58. The van der Waals surface area contributed by atoms with E-state index < -0.39 is 21.6 Å². The lowest BCUT2D eigenvalue weighted by Crippen LogP contribution is -2.52. The van der Waals surface area contributed by atoms with E-state index in [1.165, 1.54) is 4.31 Å². The first-order valence-corrected chi connectivity index (χ1v) is 13.8. The van der Waals surface area contributed by atoms with E-state index in [1.807, 2.05) is 52.0 Å². The van der Waals surface area contributed by atoms with E-state index >= 15 is 0 Å². The molecule has 192 valence electrons. The Morgan fingerprint density at radius 3 is 2.26 bits per heavy atom. The Labute approximate surface area is 214 Å². The van der Waals surface area contributed by atoms with Crippen molar-refractivity contribution < 1.29 is 18.0 Å². The quantitative estimate of drug-likeness (QED) is 0.497. The molecule has 2 amide bonds. The first-order chi connectivity index (χ1) is 16.2. The Morgan fingerprint density at radius 1 is 1.09 bits per heavy atom. The van der Waals surface area contributed by atoms with Crippen LogP contribution in [-0.2, 0) is 26.2 Å². The molecule has 0 heterocycles. The summed E-state index contributed by atoms with van der Waals surface area (Å²) in [4.78, 5) is 27.8. The van der Waals surface area contributed by atoms with Crippen molar-refractivity contribution in [1.29, 1.82) is 0 Å². The van der Waals surface area contributed by atoms with Crippen LogP contribution in [0.3, 0.4) is 0 Å². The van der Waals surface area contributed by atoms with Gasteiger partial charge in [0.05, 0.1) is 11.9 Å². The number of hydrogen-bond acceptors (Lipinski definition) is 4. The molecular weight excluding hydrogens is 486 g/mol. The van der Waals surface area contributed by atoms with Crippen molar-refractivity contribution in [3.05, 3.63) is 64.7 Å². The van der Waals surface area contributed by atoms with Crippen LogP contribution in [-0.4, -0.2) is 49.5 Å². The van der Waals surface area contributed by atoms with Gasteiger partial charge in [0.25, 0.3) is 0 Å². The van der Waals surface area contributed by atoms with E-state index in [0.717, 1.165) is 17.4 Å². The van der Waals surface area contributed by atoms with E-state index in [2.05, 4.69) is 5.32 Å². The predicted molar refractivity (Wildman–Crippen MR) is 142 cm³/mol. The number of anilines is 1. The number of halogens is 1. The van der Waals surface area contributed by atoms with Crippen LogP contribution in [0.2, 0.25) is 5.02 Å². The average Bonchev–Trinajstić information content (AvgIpc) is 2.73. The molecule has 0 saturated carbocycles. The Bertz CT molecular complexity index is 1130. The summed E-state index contributed by atoms with van der Waals surface area (Å²) in [6, 6.07) is 13.6. The second-order valence-electron chi connectivity index (χ2n) is 9.84. The predicted octanol–water partition coefficient (Wildman–Crippen LogP) is 4.53. The Balaban J connectivity index is 2.18. The molecule has 0 spiro atoms. The molecular formula is C26H36ClN3O4S. The lowest BCUT2D eigenvalue weighted by Gasteiger charge is -2.32. The summed E-state index contributed by atoms with van der Waals surface area (Å²) >= 11 is 5.93. The highest BCUT2D eigenvalue weighted by atomic mass is 35.5. The van der Waals surface area contributed by atoms with Gasteiger partial charge in [-0.1, -0.05) is 41.4 Å². The van der Waals surface area contributed by atoms with Gasteiger partial charge in [-0.3, -0.25) is 13.9 Å². The number of carbonyl (C=O) groups is 2. The van der Waals surface area contributed by atoms with Crippen molar-refractivity contribution in [2.45, 2.75) is 65.6 Å². The molecule has 2 aromatic carbocycles. The molecule has 1 atom stereocenters. The number of sulfonamides is 1. The van der Waals surface area contributed by atoms with Crippen LogP contribution in [0.5, 0.6) is 0 Å². The lowest BCUT2D eigenvalue weighted by atomic mass is 10.1. The first kappa shape index (κ1) is 28.7. The smallest absolute Gasteiger partial charge is 0.242 e. The molecule has 0 bridgehead atoms. The van der Waals surface area contributed by atoms with E-state index in [4.69, 9.17) is 11.6 Å². The summed E-state index contributed by atoms with van der Waals surface area (Å²) in [6.45, 7) is 9.77. The van der Waals surface area contributed by atoms with Crippen LogP contribution in [0.4, 0.5) is 5.69 Å². The Morgan fingerprint density at radius 2 is 1.71 bits per heavy atom. The highest BCUT2D eigenvalue weighted by molar-refractivity contribution is 7.92. The molecule has 2 rings (SSSR count). The summed E-state index contributed by atoms with van der Waals surface area (Å²) in [5, 5.41) is 3.45. The Kier molecular flexibility index (Phi) is 9.75. The third-order valence-electron chi connectivity index (χ3n) is 5.37. The van der Waals surface area contributed by atoms with Crippen LogP contribution in [0, 0.1) is 6.92 Å². The van der Waals surface area contributed by atoms with Gasteiger partial charge >= 0.3 is 0 Å². The number of nitrogens with one attached hydrogen (secondary N) is 1. The van der Waals surface area contributed by atoms with Gasteiger partial charge in [0.2, 0.25) is 21.8 Å². The highest BCUT2D eigenvalue weighted by Gasteiger charge is 2.28. The zero-order valence-corrected chi connectivity index (χ0v) is 22.9. The third kappa shape index (κ3) is 9.18. The molecule has 0 unspecified atom stereocenters. The number of nitrogens with zero attached hydrogens (tertiary/aromatic N) is 2. The lowest BCUT2D eigenvalue weighted by molar-refractivity contribution is -0.141. The van der Waals surface area contributed by atoms with Gasteiger partial charge < -0.3 is 10.2 Å². The molecule has 0 fully saturated rings. The molecule has 0 saturated heterocycles. The van der Waals surface area contributed by atoms with Crippen LogP contribution in [0.25, 0.3) is 0 Å². The number of carbonyl (C=O) groups excluding carboxylic acids is 2. The molecule has 2 aromatic rings. The standard InChI is InChI=1S/C26H36ClN3O4S/c1-19-9-7-10-21(17-19)18-29(20(2)25(32)28-26(3,4)5)24(31)11-8-16-30(35(6,33)34)23-14-12-22(27)13-15-23/h7,9-10,12-15,17,20H,8,11,16,18H2,1-6H3,(H,28,32)/t20-/m1/s1. The SMILES string of the molecule is Cc1cccc(CN(C(=O)CCCN(c2ccc(Cl)cc2)S(C)(=O)=O)[C@H](C)C(=O)NC(C)(C)C)c1. The number of rotatable bonds is 10. The topological polar surface area (TPSA) is 86.8 Å². The number of benzene rings is 2. The molecule has 0 aromatic heterocycles. The molecule has 35 heavy (non-hydrogen) atoms. The normalized spacial score (nSPS) is 12.7. The molecule has 7 nitrogen and oxygen atoms in total. The number of aryl methyl sites for hydroxylation is 1. The van der Waals surface area contributed by atoms with Gasteiger partial charge in [0.15, 0.2) is 0 Å². The van der Waals surface area contributed by atoms with Gasteiger partial charge in [-0.25, -0.2) is 8.42 Å². The summed E-state index contributed by atoms with van der Waals surface area (Å²) in [5.74, 6) is -0.454. The first-order valence-electron chi connectivity index (χ1n) is 11.6. The fourth-order valence-electron chi connectivity index (χ4n) is 3.68. The molecule has 9 heteroatoms. The van der Waals surface area contributed by atoms with Crippen molar-refractivity contribution in [3.63, 3.8) is 0 Å². The minimum absolute atomic E-state index is 0.0958. The van der Waals surface area contributed by atoms with Crippen molar-refractivity contribution in [3.8, 4) is 0 Å². The van der Waals surface area contributed by atoms with Gasteiger partial charge in [0.1, 0.15) is 6.04 Å². The van der Waals surface area contributed by atoms with Crippen molar-refractivity contribution in [2.24, 2.45) is 0 Å². The van der Waals surface area contributed by atoms with Crippen molar-refractivity contribution >= 4 is 39.1 Å². The number of hydrogen-bond donors (Lipinski definition) is 1. The van der Waals surface area contributed by atoms with Crippen molar-refractivity contribution in [2.75, 3.05) is 17.1 Å². The van der Waals surface area contributed by atoms with Gasteiger partial charge in [-0.15, -0.1) is 0 Å². The minimum Gasteiger partial charge on any atom is -0.350 e. The van der Waals surface area contributed by atoms with Crippen LogP contribution >= 0.6 is 11.6 Å². The monoisotopic (exact) mass is 521 g/mol. The maximum absolute atomic E-state index is 13.3. The fourth-order valence-corrected chi connectivity index (χ4v) is 4.77. The molecule has 1 N–H and O–H groups in total. The van der Waals surface area contributed by atoms with Gasteiger partial charge in [-0.05, 0) is 70.9 Å². The fraction of sp³-hybridized carbons (Fsp3) is 0.462. The van der Waals surface area contributed by atoms with Gasteiger partial charge in [-0.2, -0.15) is 0 Å². The summed E-state index contributed by atoms with van der Waals surface area (Å²) < 4.78 is 26.0. The average molecular weight is 522 g/mol. The maximum Gasteiger partial charge on any atom is 0.242 e. The highest BCUT2D eigenvalue weighted by Crippen LogP contribution is 2.21. The molecule has 0 aliphatic rings. The summed E-state index contributed by atoms with van der Waals surface area (Å²) in [7, 11) is -3.55. The van der Waals surface area contributed by atoms with Gasteiger partial charge in [0, 0.05) is 30.1 Å². The number of amides is 2. The second kappa shape index (κ2) is 11.9. The minimum atomic E-state index is -3.55. The van der Waals surface area contributed by atoms with Crippen LogP contribution < -0.4 is 9.62 Å². The largest absolute Gasteiger partial charge is 0.350 e. The van der Waals surface area contributed by atoms with E-state index in [1.54, 1.807) is 36.1 Å².